The van der Waals surface area contributed by atoms with Gasteiger partial charge < -0.3 is 5.73 Å². The highest BCUT2D eigenvalue weighted by Crippen LogP contribution is 2.08. The topological polar surface area (TPSA) is 68.9 Å². The van der Waals surface area contributed by atoms with E-state index in [1.165, 1.54) is 5.48 Å². The first-order chi connectivity index (χ1) is 9.56. The molecule has 0 unspecified atom stereocenters. The van der Waals surface area contributed by atoms with Gasteiger partial charge in [-0.1, -0.05) is 11.6 Å². The number of hydroxylamine groups is 1. The number of carbonyl (C=O) groups is 1. The Morgan fingerprint density at radius 3 is 2.60 bits per heavy atom. The van der Waals surface area contributed by atoms with Crippen molar-refractivity contribution >= 4 is 28.6 Å². The summed E-state index contributed by atoms with van der Waals surface area (Å²) in [5.74, 6) is -0.418. The van der Waals surface area contributed by atoms with Gasteiger partial charge in [0, 0.05) is 3.57 Å². The van der Waals surface area contributed by atoms with Crippen molar-refractivity contribution in [3.63, 3.8) is 0 Å². The third-order valence-corrected chi connectivity index (χ3v) is 3.41. The lowest BCUT2D eigenvalue weighted by Crippen LogP contribution is -2.88. The molecule has 0 bridgehead atoms. The second-order valence-electron chi connectivity index (χ2n) is 4.35. The summed E-state index contributed by atoms with van der Waals surface area (Å²) in [6.45, 7) is 2.00. The zero-order valence-corrected chi connectivity index (χ0v) is 13.1. The van der Waals surface area contributed by atoms with E-state index in [1.807, 2.05) is 43.3 Å². The van der Waals surface area contributed by atoms with Crippen LogP contribution in [0.25, 0.3) is 0 Å². The fourth-order valence-electron chi connectivity index (χ4n) is 1.61. The Bertz CT molecular complexity index is 599. The van der Waals surface area contributed by atoms with Crippen molar-refractivity contribution in [1.82, 2.24) is 0 Å². The van der Waals surface area contributed by atoms with Crippen LogP contribution in [0, 0.1) is 16.7 Å². The highest BCUT2D eigenvalue weighted by molar-refractivity contribution is 14.1. The molecule has 0 aromatic heterocycles. The minimum atomic E-state index is -0.418. The number of halogens is 1. The van der Waals surface area contributed by atoms with Crippen molar-refractivity contribution in [3.8, 4) is 0 Å². The fourth-order valence-corrected chi connectivity index (χ4v) is 2.16. The Morgan fingerprint density at radius 2 is 1.95 bits per heavy atom. The maximum absolute atomic E-state index is 11.9. The van der Waals surface area contributed by atoms with E-state index in [-0.39, 0.29) is 0 Å². The molecule has 4 N–H and O–H groups in total. The minimum absolute atomic E-state index is 0.418. The average Bonchev–Trinajstić information content (AvgIpc) is 2.45. The molecule has 2 aromatic rings. The van der Waals surface area contributed by atoms with Crippen LogP contribution in [0.3, 0.4) is 0 Å². The Morgan fingerprint density at radius 1 is 1.25 bits per heavy atom. The smallest absolute Gasteiger partial charge is 0.306 e. The largest absolute Gasteiger partial charge is 0.396 e. The fraction of sp³-hybridized carbons (Fsp3) is 0.0667. The van der Waals surface area contributed by atoms with Gasteiger partial charge in [0.25, 0.3) is 0 Å². The number of hydrogen-bond donors (Lipinski definition) is 2. The van der Waals surface area contributed by atoms with E-state index < -0.39 is 5.97 Å². The highest BCUT2D eigenvalue weighted by atomic mass is 127. The molecule has 20 heavy (non-hydrogen) atoms. The lowest BCUT2D eigenvalue weighted by atomic mass is 10.1. The lowest BCUT2D eigenvalue weighted by molar-refractivity contribution is -0.855. The first kappa shape index (κ1) is 14.8. The molecule has 2 aromatic carbocycles. The molecule has 0 amide bonds. The summed E-state index contributed by atoms with van der Waals surface area (Å²) in [6, 6.07) is 14.9. The third kappa shape index (κ3) is 3.96. The van der Waals surface area contributed by atoms with Crippen molar-refractivity contribution in [2.45, 2.75) is 6.92 Å². The van der Waals surface area contributed by atoms with Crippen molar-refractivity contribution in [2.24, 2.45) is 5.73 Å². The van der Waals surface area contributed by atoms with Crippen LogP contribution in [0.1, 0.15) is 21.5 Å². The minimum Gasteiger partial charge on any atom is -0.306 e. The highest BCUT2D eigenvalue weighted by Gasteiger charge is 2.11. The summed E-state index contributed by atoms with van der Waals surface area (Å²) in [5, 5.41) is 0. The van der Waals surface area contributed by atoms with Crippen LogP contribution in [0.5, 0.6) is 0 Å². The molecule has 0 heterocycles. The molecule has 2 rings (SSSR count). The lowest BCUT2D eigenvalue weighted by Gasteiger charge is -2.15. The van der Waals surface area contributed by atoms with Crippen LogP contribution < -0.4 is 11.2 Å². The van der Waals surface area contributed by atoms with Gasteiger partial charge in [-0.3, -0.25) is 4.84 Å². The van der Waals surface area contributed by atoms with E-state index in [2.05, 4.69) is 22.6 Å². The average molecular weight is 382 g/mol. The molecule has 4 nitrogen and oxygen atoms in total. The first-order valence-corrected chi connectivity index (χ1v) is 7.13. The zero-order chi connectivity index (χ0) is 14.5. The van der Waals surface area contributed by atoms with E-state index in [4.69, 9.17) is 10.6 Å². The van der Waals surface area contributed by atoms with E-state index in [9.17, 15) is 4.79 Å². The Labute approximate surface area is 131 Å². The Hall–Kier alpha value is -1.57. The predicted molar refractivity (Wildman–Crippen MR) is 84.2 cm³/mol. The van der Waals surface area contributed by atoms with Gasteiger partial charge in [-0.15, -0.1) is 17.7 Å². The van der Waals surface area contributed by atoms with Crippen molar-refractivity contribution < 1.29 is 15.1 Å². The second kappa shape index (κ2) is 6.74. The van der Waals surface area contributed by atoms with Crippen LogP contribution in [-0.4, -0.2) is 5.97 Å². The molecule has 0 aliphatic rings. The van der Waals surface area contributed by atoms with E-state index >= 15 is 0 Å². The number of aryl methyl sites for hydroxylation is 1. The summed E-state index contributed by atoms with van der Waals surface area (Å²) in [7, 11) is 0. The van der Waals surface area contributed by atoms with E-state index in [0.29, 0.717) is 11.7 Å². The summed E-state index contributed by atoms with van der Waals surface area (Å²) in [4.78, 5) is 17.0. The number of rotatable bonds is 4. The van der Waals surface area contributed by atoms with Crippen molar-refractivity contribution in [1.29, 1.82) is 0 Å². The summed E-state index contributed by atoms with van der Waals surface area (Å²) in [5.41, 5.74) is 9.65. The van der Waals surface area contributed by atoms with Crippen molar-refractivity contribution in [3.05, 3.63) is 75.0 Å². The predicted octanol–water partition coefficient (Wildman–Crippen LogP) is 1.73. The maximum Gasteiger partial charge on any atom is 0.396 e. The van der Waals surface area contributed by atoms with Crippen LogP contribution in [0.4, 0.5) is 0 Å². The number of nitrogens with two attached hydrogens (primary N) is 2. The molecule has 0 aliphatic carbocycles. The molecule has 0 atom stereocenters. The maximum atomic E-state index is 11.9. The van der Waals surface area contributed by atoms with Crippen molar-refractivity contribution in [2.75, 3.05) is 0 Å². The van der Waals surface area contributed by atoms with Gasteiger partial charge in [-0.05, 0) is 47.7 Å². The van der Waals surface area contributed by atoms with Gasteiger partial charge in [-0.25, -0.2) is 4.79 Å². The van der Waals surface area contributed by atoms with Crippen LogP contribution in [0.15, 0.2) is 48.5 Å². The standard InChI is InChI=1S/C15H15IN2O2/c1-10-5-7-11(8-6-10)14(17)18-20-15(19)12-3-2-4-13(16)9-12/h2-9H,17-18H2,1H3. The van der Waals surface area contributed by atoms with Gasteiger partial charge in [0.2, 0.25) is 0 Å². The Balaban J connectivity index is 1.94. The molecule has 0 saturated carbocycles. The number of benzene rings is 2. The zero-order valence-electron chi connectivity index (χ0n) is 11.0. The number of carbonyl (C=O) groups excluding carboxylic acids is 1. The van der Waals surface area contributed by atoms with Gasteiger partial charge in [0.05, 0.1) is 5.56 Å². The normalized spacial score (nSPS) is 10.2. The summed E-state index contributed by atoms with van der Waals surface area (Å²) < 4.78 is 0.979. The molecular weight excluding hydrogens is 367 g/mol. The van der Waals surface area contributed by atoms with Gasteiger partial charge in [0.15, 0.2) is 0 Å². The Kier molecular flexibility index (Phi) is 4.99. The number of hydrogen-bond acceptors (Lipinski definition) is 3. The third-order valence-electron chi connectivity index (χ3n) is 2.74. The summed E-state index contributed by atoms with van der Waals surface area (Å²) in [6.07, 6.45) is 0.420. The van der Waals surface area contributed by atoms with E-state index in [1.54, 1.807) is 12.1 Å². The van der Waals surface area contributed by atoms with Crippen LogP contribution >= 0.6 is 22.6 Å². The molecule has 0 fully saturated rings. The van der Waals surface area contributed by atoms with Gasteiger partial charge >= 0.3 is 5.97 Å². The first-order valence-electron chi connectivity index (χ1n) is 6.05. The quantitative estimate of drug-likeness (QED) is 0.481. The molecule has 104 valence electrons. The molecular formula is C15H15IN2O2. The summed E-state index contributed by atoms with van der Waals surface area (Å²) >= 11 is 2.15. The molecule has 0 spiro atoms. The number of quaternary nitrogens is 1. The second-order valence-corrected chi connectivity index (χ2v) is 5.60. The molecule has 5 heteroatoms. The molecule has 0 aliphatic heterocycles. The monoisotopic (exact) mass is 382 g/mol. The SMILES string of the molecule is Cc1ccc([C-](N)[NH2+]OC(=O)c2cccc(I)c2)cc1. The van der Waals surface area contributed by atoms with Gasteiger partial charge in [0.1, 0.15) is 6.17 Å². The molecule has 0 radical (unpaired) electrons. The van der Waals surface area contributed by atoms with Gasteiger partial charge in [-0.2, -0.15) is 17.6 Å². The molecule has 0 saturated heterocycles. The van der Waals surface area contributed by atoms with E-state index in [0.717, 1.165) is 14.7 Å². The van der Waals surface area contributed by atoms with Crippen LogP contribution in [-0.2, 0) is 4.84 Å². The van der Waals surface area contributed by atoms with Crippen LogP contribution in [0.2, 0.25) is 0 Å².